The molecule has 8 nitrogen and oxygen atoms in total. The first kappa shape index (κ1) is 18.5. The van der Waals surface area contributed by atoms with Crippen LogP contribution >= 0.6 is 11.6 Å². The van der Waals surface area contributed by atoms with Gasteiger partial charge in [0, 0.05) is 35.6 Å². The van der Waals surface area contributed by atoms with Gasteiger partial charge < -0.3 is 0 Å². The summed E-state index contributed by atoms with van der Waals surface area (Å²) in [7, 11) is 0. The van der Waals surface area contributed by atoms with Crippen molar-refractivity contribution >= 4 is 35.0 Å². The molecular weight excluding hydrogens is 374 g/mol. The maximum atomic E-state index is 12.9. The number of nitro groups is 1. The Kier molecular flexibility index (Phi) is 5.18. The van der Waals surface area contributed by atoms with Crippen LogP contribution < -0.4 is 0 Å². The molecule has 138 valence electrons. The number of nitro benzene ring substituents is 1. The van der Waals surface area contributed by atoms with Crippen molar-refractivity contribution < 1.29 is 19.3 Å². The zero-order valence-corrected chi connectivity index (χ0v) is 14.8. The van der Waals surface area contributed by atoms with E-state index in [1.165, 1.54) is 48.5 Å². The molecule has 1 aliphatic heterocycles. The summed E-state index contributed by atoms with van der Waals surface area (Å²) in [5.74, 6) is -1.48. The molecule has 0 unspecified atom stereocenters. The minimum absolute atomic E-state index is 0.0312. The Bertz CT molecular complexity index is 896. The predicted molar refractivity (Wildman–Crippen MR) is 95.5 cm³/mol. The average molecular weight is 388 g/mol. The topological polar surface area (TPSA) is 101 Å². The zero-order valence-electron chi connectivity index (χ0n) is 14.0. The van der Waals surface area contributed by atoms with Crippen LogP contribution in [-0.4, -0.2) is 32.7 Å². The molecule has 0 aliphatic carbocycles. The second-order valence-corrected chi connectivity index (χ2v) is 6.33. The molecule has 1 heterocycles. The number of halogens is 1. The largest absolute Gasteiger partial charge is 0.273 e. The number of amides is 3. The van der Waals surface area contributed by atoms with Crippen LogP contribution in [-0.2, 0) is 16.1 Å². The number of nitrogens with zero attached hydrogens (tertiary/aromatic N) is 3. The fourth-order valence-electron chi connectivity index (χ4n) is 2.70. The van der Waals surface area contributed by atoms with Crippen molar-refractivity contribution in [3.05, 3.63) is 74.8 Å². The van der Waals surface area contributed by atoms with Gasteiger partial charge in [-0.05, 0) is 29.8 Å². The number of carbonyl (C=O) groups excluding carboxylic acids is 3. The van der Waals surface area contributed by atoms with E-state index in [0.717, 1.165) is 10.0 Å². The van der Waals surface area contributed by atoms with Crippen molar-refractivity contribution in [2.24, 2.45) is 0 Å². The normalized spacial score (nSPS) is 13.7. The van der Waals surface area contributed by atoms with E-state index in [0.29, 0.717) is 10.6 Å². The molecule has 3 rings (SSSR count). The Morgan fingerprint density at radius 1 is 1.04 bits per heavy atom. The SMILES string of the molecule is O=C(c1ccc(Cl)cc1)N(Cc1ccc([N+](=O)[O-])cc1)N1C(=O)CCC1=O. The lowest BCUT2D eigenvalue weighted by molar-refractivity contribution is -0.384. The lowest BCUT2D eigenvalue weighted by Crippen LogP contribution is -2.48. The summed E-state index contributed by atoms with van der Waals surface area (Å²) in [5.41, 5.74) is 0.701. The van der Waals surface area contributed by atoms with Crippen LogP contribution in [0.5, 0.6) is 0 Å². The van der Waals surface area contributed by atoms with Crippen molar-refractivity contribution in [2.75, 3.05) is 0 Å². The standard InChI is InChI=1S/C18H14ClN3O5/c19-14-5-3-13(4-6-14)18(25)20(21-16(23)9-10-17(21)24)11-12-1-7-15(8-2-12)22(26)27/h1-8H,9-11H2. The molecule has 0 spiro atoms. The van der Waals surface area contributed by atoms with Crippen LogP contribution in [0.15, 0.2) is 48.5 Å². The maximum absolute atomic E-state index is 12.9. The number of hydrazine groups is 1. The maximum Gasteiger partial charge on any atom is 0.273 e. The van der Waals surface area contributed by atoms with Gasteiger partial charge in [0.15, 0.2) is 0 Å². The fourth-order valence-corrected chi connectivity index (χ4v) is 2.83. The van der Waals surface area contributed by atoms with Crippen molar-refractivity contribution in [1.29, 1.82) is 0 Å². The number of benzene rings is 2. The highest BCUT2D eigenvalue weighted by Crippen LogP contribution is 2.22. The predicted octanol–water partition coefficient (Wildman–Crippen LogP) is 2.95. The summed E-state index contributed by atoms with van der Waals surface area (Å²) in [6.45, 7) is -0.0864. The molecule has 9 heteroatoms. The minimum atomic E-state index is -0.548. The number of hydrogen-bond donors (Lipinski definition) is 0. The van der Waals surface area contributed by atoms with Crippen molar-refractivity contribution in [3.8, 4) is 0 Å². The van der Waals surface area contributed by atoms with Crippen LogP contribution in [0.1, 0.15) is 28.8 Å². The second-order valence-electron chi connectivity index (χ2n) is 5.89. The van der Waals surface area contributed by atoms with Gasteiger partial charge in [0.2, 0.25) is 11.8 Å². The smallest absolute Gasteiger partial charge is 0.273 e. The first-order valence-electron chi connectivity index (χ1n) is 8.03. The summed E-state index contributed by atoms with van der Waals surface area (Å²) in [6, 6.07) is 11.6. The number of carbonyl (C=O) groups is 3. The third kappa shape index (κ3) is 3.95. The van der Waals surface area contributed by atoms with Gasteiger partial charge in [0.1, 0.15) is 0 Å². The van der Waals surface area contributed by atoms with E-state index >= 15 is 0 Å². The molecule has 2 aromatic rings. The molecule has 3 amide bonds. The van der Waals surface area contributed by atoms with E-state index in [-0.39, 0.29) is 30.6 Å². The van der Waals surface area contributed by atoms with Gasteiger partial charge in [0.05, 0.1) is 11.5 Å². The summed E-state index contributed by atoms with van der Waals surface area (Å²) >= 11 is 5.84. The number of non-ortho nitro benzene ring substituents is 1. The van der Waals surface area contributed by atoms with Gasteiger partial charge in [-0.25, -0.2) is 5.01 Å². The lowest BCUT2D eigenvalue weighted by atomic mass is 10.1. The van der Waals surface area contributed by atoms with Gasteiger partial charge in [-0.1, -0.05) is 23.7 Å². The van der Waals surface area contributed by atoms with E-state index in [1.807, 2.05) is 0 Å². The summed E-state index contributed by atoms with van der Waals surface area (Å²) in [4.78, 5) is 47.5. The summed E-state index contributed by atoms with van der Waals surface area (Å²) in [5, 5.41) is 13.1. The Hall–Kier alpha value is -3.26. The number of hydrogen-bond acceptors (Lipinski definition) is 5. The first-order valence-corrected chi connectivity index (χ1v) is 8.41. The molecule has 0 bridgehead atoms. The van der Waals surface area contributed by atoms with Gasteiger partial charge in [0.25, 0.3) is 11.6 Å². The average Bonchev–Trinajstić information content (AvgIpc) is 2.98. The number of rotatable bonds is 5. The van der Waals surface area contributed by atoms with E-state index < -0.39 is 22.6 Å². The molecule has 1 saturated heterocycles. The molecule has 0 aromatic heterocycles. The minimum Gasteiger partial charge on any atom is -0.273 e. The third-order valence-electron chi connectivity index (χ3n) is 4.07. The van der Waals surface area contributed by atoms with E-state index in [9.17, 15) is 24.5 Å². The highest BCUT2D eigenvalue weighted by Gasteiger charge is 2.37. The molecule has 1 fully saturated rings. The monoisotopic (exact) mass is 387 g/mol. The Morgan fingerprint density at radius 3 is 2.11 bits per heavy atom. The van der Waals surface area contributed by atoms with Gasteiger partial charge in [-0.15, -0.1) is 0 Å². The molecule has 0 radical (unpaired) electrons. The molecule has 27 heavy (non-hydrogen) atoms. The zero-order chi connectivity index (χ0) is 19.6. The lowest BCUT2D eigenvalue weighted by Gasteiger charge is -2.30. The third-order valence-corrected chi connectivity index (χ3v) is 4.32. The van der Waals surface area contributed by atoms with Crippen LogP contribution in [0, 0.1) is 10.1 Å². The second kappa shape index (κ2) is 7.55. The highest BCUT2D eigenvalue weighted by atomic mass is 35.5. The van der Waals surface area contributed by atoms with Gasteiger partial charge in [-0.3, -0.25) is 24.5 Å². The summed E-state index contributed by atoms with van der Waals surface area (Å²) in [6.07, 6.45) is 0.0625. The van der Waals surface area contributed by atoms with Crippen LogP contribution in [0.3, 0.4) is 0 Å². The molecule has 0 atom stereocenters. The van der Waals surface area contributed by atoms with Crippen molar-refractivity contribution in [2.45, 2.75) is 19.4 Å². The number of imide groups is 1. The molecule has 0 N–H and O–H groups in total. The Morgan fingerprint density at radius 2 is 1.59 bits per heavy atom. The Balaban J connectivity index is 1.93. The summed E-state index contributed by atoms with van der Waals surface area (Å²) < 4.78 is 0. The van der Waals surface area contributed by atoms with E-state index in [4.69, 9.17) is 11.6 Å². The van der Waals surface area contributed by atoms with Crippen molar-refractivity contribution in [3.63, 3.8) is 0 Å². The van der Waals surface area contributed by atoms with Crippen LogP contribution in [0.4, 0.5) is 5.69 Å². The fraction of sp³-hybridized carbons (Fsp3) is 0.167. The van der Waals surface area contributed by atoms with E-state index in [2.05, 4.69) is 0 Å². The van der Waals surface area contributed by atoms with Gasteiger partial charge >= 0.3 is 0 Å². The molecular formula is C18H14ClN3O5. The first-order chi connectivity index (χ1) is 12.9. The quantitative estimate of drug-likeness (QED) is 0.446. The van der Waals surface area contributed by atoms with Gasteiger partial charge in [-0.2, -0.15) is 5.01 Å². The van der Waals surface area contributed by atoms with Crippen molar-refractivity contribution in [1.82, 2.24) is 10.0 Å². The molecule has 2 aromatic carbocycles. The Labute approximate surface area is 159 Å². The van der Waals surface area contributed by atoms with Crippen LogP contribution in [0.25, 0.3) is 0 Å². The molecule has 1 aliphatic rings. The highest BCUT2D eigenvalue weighted by molar-refractivity contribution is 6.30. The van der Waals surface area contributed by atoms with Crippen LogP contribution in [0.2, 0.25) is 5.02 Å². The molecule has 0 saturated carbocycles. The van der Waals surface area contributed by atoms with E-state index in [1.54, 1.807) is 0 Å².